The zero-order valence-electron chi connectivity index (χ0n) is 13.2. The third-order valence-electron chi connectivity index (χ3n) is 4.36. The topological polar surface area (TPSA) is 108 Å². The molecule has 0 radical (unpaired) electrons. The normalized spacial score (nSPS) is 25.8. The Kier molecular flexibility index (Phi) is 3.95. The highest BCUT2D eigenvalue weighted by molar-refractivity contribution is 5.74. The molecule has 2 aromatic rings. The Balaban J connectivity index is 2.13. The maximum Gasteiger partial charge on any atom is 0.336 e. The van der Waals surface area contributed by atoms with E-state index in [-0.39, 0.29) is 23.7 Å². The molecule has 1 aliphatic heterocycles. The predicted octanol–water partition coefficient (Wildman–Crippen LogP) is 0.970. The lowest BCUT2D eigenvalue weighted by Crippen LogP contribution is -2.30. The van der Waals surface area contributed by atoms with Crippen molar-refractivity contribution in [3.8, 4) is 0 Å². The van der Waals surface area contributed by atoms with Crippen LogP contribution >= 0.6 is 0 Å². The van der Waals surface area contributed by atoms with E-state index in [1.807, 2.05) is 13.8 Å². The van der Waals surface area contributed by atoms with Crippen LogP contribution in [0.15, 0.2) is 17.6 Å². The monoisotopic (exact) mass is 319 g/mol. The van der Waals surface area contributed by atoms with Crippen LogP contribution < -0.4 is 11.4 Å². The molecule has 124 valence electrons. The molecule has 1 aliphatic rings. The van der Waals surface area contributed by atoms with Crippen LogP contribution in [-0.4, -0.2) is 36.4 Å². The second kappa shape index (κ2) is 5.78. The first kappa shape index (κ1) is 15.7. The van der Waals surface area contributed by atoms with E-state index in [1.54, 1.807) is 0 Å². The van der Waals surface area contributed by atoms with Gasteiger partial charge >= 0.3 is 5.69 Å². The van der Waals surface area contributed by atoms with Gasteiger partial charge in [0.15, 0.2) is 5.65 Å². The third-order valence-corrected chi connectivity index (χ3v) is 4.36. The van der Waals surface area contributed by atoms with Crippen LogP contribution in [0.3, 0.4) is 0 Å². The van der Waals surface area contributed by atoms with Gasteiger partial charge in [0.2, 0.25) is 5.95 Å². The third kappa shape index (κ3) is 2.43. The number of aliphatic hydroxyl groups excluding tert-OH is 1. The fourth-order valence-electron chi connectivity index (χ4n) is 3.12. The summed E-state index contributed by atoms with van der Waals surface area (Å²) >= 11 is 0. The molecule has 0 amide bonds. The second-order valence-corrected chi connectivity index (χ2v) is 5.90. The van der Waals surface area contributed by atoms with Gasteiger partial charge in [-0.2, -0.15) is 4.98 Å². The van der Waals surface area contributed by atoms with Gasteiger partial charge in [-0.05, 0) is 12.8 Å². The number of nitrogens with two attached hydrogens (primary N) is 1. The number of hydrogen-bond acceptors (Lipinski definition) is 6. The van der Waals surface area contributed by atoms with Gasteiger partial charge < -0.3 is 15.6 Å². The highest BCUT2D eigenvalue weighted by atomic mass is 16.5. The molecule has 0 bridgehead atoms. The summed E-state index contributed by atoms with van der Waals surface area (Å²) in [6, 6.07) is 0. The van der Waals surface area contributed by atoms with Crippen molar-refractivity contribution in [2.45, 2.75) is 45.1 Å². The van der Waals surface area contributed by atoms with Crippen LogP contribution in [0.25, 0.3) is 17.4 Å². The summed E-state index contributed by atoms with van der Waals surface area (Å²) in [5.74, 6) is 0.141. The Labute approximate surface area is 133 Å². The molecular weight excluding hydrogens is 298 g/mol. The number of aliphatic hydroxyl groups is 1. The average Bonchev–Trinajstić information content (AvgIpc) is 3.03. The van der Waals surface area contributed by atoms with Crippen LogP contribution in [0, 0.1) is 5.92 Å². The van der Waals surface area contributed by atoms with Gasteiger partial charge in [-0.3, -0.25) is 4.57 Å². The standard InChI is InChI=1S/C15H21N5O3/c1-4-10(21)11-6-8(3)13(23-11)20-12-9(7-17-14(16)18-12)19(5-2)15(20)22/h5,7-8,10-11,13,21H,2,4,6H2,1,3H3,(H2,16,17,18)/t8-,10+,11+,13-/m1/s1. The molecule has 4 atom stereocenters. The zero-order chi connectivity index (χ0) is 16.7. The first-order valence-corrected chi connectivity index (χ1v) is 7.69. The molecule has 0 aromatic carbocycles. The van der Waals surface area contributed by atoms with Crippen LogP contribution in [-0.2, 0) is 4.74 Å². The number of fused-ring (bicyclic) bond motifs is 1. The summed E-state index contributed by atoms with van der Waals surface area (Å²) in [6.07, 6.45) is 2.83. The van der Waals surface area contributed by atoms with Gasteiger partial charge in [0, 0.05) is 12.1 Å². The van der Waals surface area contributed by atoms with Gasteiger partial charge in [0.25, 0.3) is 0 Å². The molecule has 8 nitrogen and oxygen atoms in total. The van der Waals surface area contributed by atoms with E-state index in [1.165, 1.54) is 21.5 Å². The van der Waals surface area contributed by atoms with E-state index >= 15 is 0 Å². The molecule has 2 aromatic heterocycles. The van der Waals surface area contributed by atoms with Crippen LogP contribution in [0.4, 0.5) is 5.95 Å². The highest BCUT2D eigenvalue weighted by Gasteiger charge is 2.38. The zero-order valence-corrected chi connectivity index (χ0v) is 13.2. The van der Waals surface area contributed by atoms with Crippen molar-refractivity contribution in [3.05, 3.63) is 23.3 Å². The summed E-state index contributed by atoms with van der Waals surface area (Å²) in [5.41, 5.74) is 6.29. The fraction of sp³-hybridized carbons (Fsp3) is 0.533. The number of aromatic nitrogens is 4. The Morgan fingerprint density at radius 3 is 3.04 bits per heavy atom. The fourth-order valence-corrected chi connectivity index (χ4v) is 3.12. The molecular formula is C15H21N5O3. The van der Waals surface area contributed by atoms with Crippen molar-refractivity contribution < 1.29 is 9.84 Å². The van der Waals surface area contributed by atoms with Crippen molar-refractivity contribution in [2.75, 3.05) is 5.73 Å². The molecule has 3 heterocycles. The molecule has 0 spiro atoms. The van der Waals surface area contributed by atoms with Gasteiger partial charge in [0.1, 0.15) is 11.7 Å². The average molecular weight is 319 g/mol. The van der Waals surface area contributed by atoms with Gasteiger partial charge in [-0.25, -0.2) is 14.3 Å². The Hall–Kier alpha value is -2.19. The van der Waals surface area contributed by atoms with E-state index < -0.39 is 12.3 Å². The number of hydrogen-bond donors (Lipinski definition) is 2. The molecule has 1 fully saturated rings. The van der Waals surface area contributed by atoms with Crippen LogP contribution in [0.1, 0.15) is 32.9 Å². The summed E-state index contributed by atoms with van der Waals surface area (Å²) in [5, 5.41) is 10.0. The maximum atomic E-state index is 12.7. The quantitative estimate of drug-likeness (QED) is 0.869. The molecule has 1 saturated heterocycles. The first-order chi connectivity index (χ1) is 11.0. The second-order valence-electron chi connectivity index (χ2n) is 5.90. The van der Waals surface area contributed by atoms with Crippen LogP contribution in [0.5, 0.6) is 0 Å². The van der Waals surface area contributed by atoms with E-state index in [4.69, 9.17) is 10.5 Å². The molecule has 3 rings (SSSR count). The molecule has 8 heteroatoms. The lowest BCUT2D eigenvalue weighted by Gasteiger charge is -2.19. The van der Waals surface area contributed by atoms with E-state index in [0.29, 0.717) is 24.0 Å². The SMILES string of the molecule is C=Cn1c(=O)n([C@@H]2O[C@H]([C@@H](O)CC)C[C@H]2C)c2nc(N)ncc21. The van der Waals surface area contributed by atoms with Crippen molar-refractivity contribution in [1.29, 1.82) is 0 Å². The van der Waals surface area contributed by atoms with E-state index in [9.17, 15) is 9.90 Å². The van der Waals surface area contributed by atoms with Gasteiger partial charge in [-0.15, -0.1) is 0 Å². The molecule has 23 heavy (non-hydrogen) atoms. The van der Waals surface area contributed by atoms with Crippen molar-refractivity contribution >= 4 is 23.3 Å². The molecule has 0 aliphatic carbocycles. The van der Waals surface area contributed by atoms with Crippen LogP contribution in [0.2, 0.25) is 0 Å². The minimum Gasteiger partial charge on any atom is -0.390 e. The van der Waals surface area contributed by atoms with Crippen molar-refractivity contribution in [2.24, 2.45) is 5.92 Å². The summed E-state index contributed by atoms with van der Waals surface area (Å²) < 4.78 is 8.81. The summed E-state index contributed by atoms with van der Waals surface area (Å²) in [7, 11) is 0. The number of ether oxygens (including phenoxy) is 1. The van der Waals surface area contributed by atoms with Gasteiger partial charge in [-0.1, -0.05) is 20.4 Å². The number of anilines is 1. The summed E-state index contributed by atoms with van der Waals surface area (Å²) in [4.78, 5) is 20.8. The minimum atomic E-state index is -0.550. The highest BCUT2D eigenvalue weighted by Crippen LogP contribution is 2.36. The van der Waals surface area contributed by atoms with Crippen molar-refractivity contribution in [1.82, 2.24) is 19.1 Å². The number of nitrogen functional groups attached to an aromatic ring is 1. The number of rotatable bonds is 4. The van der Waals surface area contributed by atoms with Crippen molar-refractivity contribution in [3.63, 3.8) is 0 Å². The predicted molar refractivity (Wildman–Crippen MR) is 86.6 cm³/mol. The summed E-state index contributed by atoms with van der Waals surface area (Å²) in [6.45, 7) is 7.55. The minimum absolute atomic E-state index is 0.0546. The lowest BCUT2D eigenvalue weighted by atomic mass is 10.0. The molecule has 0 unspecified atom stereocenters. The molecule has 3 N–H and O–H groups in total. The smallest absolute Gasteiger partial charge is 0.336 e. The Bertz CT molecular complexity index is 796. The lowest BCUT2D eigenvalue weighted by molar-refractivity contribution is -0.0649. The first-order valence-electron chi connectivity index (χ1n) is 7.69. The number of nitrogens with zero attached hydrogens (tertiary/aromatic N) is 4. The largest absolute Gasteiger partial charge is 0.390 e. The van der Waals surface area contributed by atoms with Gasteiger partial charge in [0.05, 0.1) is 18.4 Å². The van der Waals surface area contributed by atoms with E-state index in [0.717, 1.165) is 0 Å². The molecule has 0 saturated carbocycles. The Morgan fingerprint density at radius 2 is 2.39 bits per heavy atom. The van der Waals surface area contributed by atoms with E-state index in [2.05, 4.69) is 16.5 Å². The maximum absolute atomic E-state index is 12.7. The number of imidazole rings is 1. The Morgan fingerprint density at radius 1 is 1.65 bits per heavy atom.